The Kier molecular flexibility index (Phi) is 6.18. The van der Waals surface area contributed by atoms with Gasteiger partial charge in [-0.15, -0.1) is 11.3 Å². The fourth-order valence-electron chi connectivity index (χ4n) is 2.03. The molecule has 0 fully saturated rings. The largest absolute Gasteiger partial charge is 0.332 e. The SMILES string of the molecule is O=S(=O)(Nc1nccs1)c1ccc(NC(=S)Nc2ccc(Cl)c(Cl)c2)cc1. The summed E-state index contributed by atoms with van der Waals surface area (Å²) in [5.74, 6) is 0. The molecule has 0 aliphatic rings. The van der Waals surface area contributed by atoms with Gasteiger partial charge in [-0.05, 0) is 54.7 Å². The Morgan fingerprint density at radius 3 is 2.30 bits per heavy atom. The molecule has 0 amide bonds. The molecule has 3 N–H and O–H groups in total. The van der Waals surface area contributed by atoms with E-state index >= 15 is 0 Å². The third-order valence-corrected chi connectivity index (χ3v) is 6.37. The Morgan fingerprint density at radius 2 is 1.67 bits per heavy atom. The van der Waals surface area contributed by atoms with Crippen LogP contribution in [0.15, 0.2) is 58.9 Å². The number of nitrogens with one attached hydrogen (secondary N) is 3. The van der Waals surface area contributed by atoms with Crippen molar-refractivity contribution in [3.05, 3.63) is 64.1 Å². The van der Waals surface area contributed by atoms with E-state index in [2.05, 4.69) is 20.3 Å². The summed E-state index contributed by atoms with van der Waals surface area (Å²) in [4.78, 5) is 4.03. The predicted molar refractivity (Wildman–Crippen MR) is 116 cm³/mol. The lowest BCUT2D eigenvalue weighted by molar-refractivity contribution is 0.601. The predicted octanol–water partition coefficient (Wildman–Crippen LogP) is 5.06. The van der Waals surface area contributed by atoms with Crippen molar-refractivity contribution in [1.29, 1.82) is 0 Å². The molecule has 0 saturated heterocycles. The van der Waals surface area contributed by atoms with Crippen molar-refractivity contribution in [3.8, 4) is 0 Å². The smallest absolute Gasteiger partial charge is 0.263 e. The van der Waals surface area contributed by atoms with Crippen molar-refractivity contribution in [2.75, 3.05) is 15.4 Å². The monoisotopic (exact) mass is 458 g/mol. The number of halogens is 2. The van der Waals surface area contributed by atoms with Crippen LogP contribution < -0.4 is 15.4 Å². The molecule has 0 radical (unpaired) electrons. The van der Waals surface area contributed by atoms with Crippen LogP contribution in [0.1, 0.15) is 0 Å². The van der Waals surface area contributed by atoms with Gasteiger partial charge in [0.2, 0.25) is 0 Å². The minimum atomic E-state index is -3.69. The number of hydrogen-bond donors (Lipinski definition) is 3. The maximum Gasteiger partial charge on any atom is 0.263 e. The second kappa shape index (κ2) is 8.41. The molecular formula is C16H12Cl2N4O2S3. The lowest BCUT2D eigenvalue weighted by Gasteiger charge is -2.12. The lowest BCUT2D eigenvalue weighted by Crippen LogP contribution is -2.19. The van der Waals surface area contributed by atoms with E-state index in [-0.39, 0.29) is 4.90 Å². The first-order valence-electron chi connectivity index (χ1n) is 7.39. The van der Waals surface area contributed by atoms with Crippen molar-refractivity contribution >= 4 is 78.4 Å². The van der Waals surface area contributed by atoms with Gasteiger partial charge in [0.25, 0.3) is 10.0 Å². The average Bonchev–Trinajstić information content (AvgIpc) is 3.11. The molecule has 2 aromatic carbocycles. The standard InChI is InChI=1S/C16H12Cl2N4O2S3/c17-13-6-3-11(9-14(13)18)21-15(25)20-10-1-4-12(5-2-10)27(23,24)22-16-19-7-8-26-16/h1-9H,(H,19,22)(H2,20,21,25). The summed E-state index contributed by atoms with van der Waals surface area (Å²) >= 11 is 18.3. The highest BCUT2D eigenvalue weighted by molar-refractivity contribution is 7.93. The third-order valence-electron chi connectivity index (χ3n) is 3.25. The van der Waals surface area contributed by atoms with Crippen molar-refractivity contribution in [3.63, 3.8) is 0 Å². The van der Waals surface area contributed by atoms with Gasteiger partial charge in [0.1, 0.15) is 0 Å². The minimum Gasteiger partial charge on any atom is -0.332 e. The van der Waals surface area contributed by atoms with Gasteiger partial charge >= 0.3 is 0 Å². The van der Waals surface area contributed by atoms with Gasteiger partial charge < -0.3 is 10.6 Å². The summed E-state index contributed by atoms with van der Waals surface area (Å²) in [6.45, 7) is 0. The Balaban J connectivity index is 1.64. The van der Waals surface area contributed by atoms with Crippen molar-refractivity contribution in [2.24, 2.45) is 0 Å². The van der Waals surface area contributed by atoms with Crippen LogP contribution in [0.2, 0.25) is 10.0 Å². The molecule has 0 bridgehead atoms. The van der Waals surface area contributed by atoms with Crippen LogP contribution in [0.5, 0.6) is 0 Å². The first-order chi connectivity index (χ1) is 12.8. The highest BCUT2D eigenvalue weighted by atomic mass is 35.5. The van der Waals surface area contributed by atoms with Gasteiger partial charge in [0.05, 0.1) is 14.9 Å². The molecule has 27 heavy (non-hydrogen) atoms. The first-order valence-corrected chi connectivity index (χ1v) is 10.9. The summed E-state index contributed by atoms with van der Waals surface area (Å²) < 4.78 is 27.0. The van der Waals surface area contributed by atoms with Crippen LogP contribution in [-0.2, 0) is 10.0 Å². The molecule has 1 heterocycles. The van der Waals surface area contributed by atoms with Crippen LogP contribution in [0.3, 0.4) is 0 Å². The number of thiazole rings is 1. The van der Waals surface area contributed by atoms with Crippen LogP contribution >= 0.6 is 46.8 Å². The number of sulfonamides is 1. The zero-order valence-electron chi connectivity index (χ0n) is 13.4. The molecule has 0 aliphatic heterocycles. The molecule has 11 heteroatoms. The molecule has 0 atom stereocenters. The average molecular weight is 459 g/mol. The molecular weight excluding hydrogens is 447 g/mol. The van der Waals surface area contributed by atoms with E-state index in [9.17, 15) is 8.42 Å². The number of benzene rings is 2. The number of aromatic nitrogens is 1. The van der Waals surface area contributed by atoms with Gasteiger partial charge in [-0.1, -0.05) is 23.2 Å². The van der Waals surface area contributed by atoms with E-state index in [4.69, 9.17) is 35.4 Å². The van der Waals surface area contributed by atoms with E-state index < -0.39 is 10.0 Å². The molecule has 6 nitrogen and oxygen atoms in total. The highest BCUT2D eigenvalue weighted by Gasteiger charge is 2.15. The second-order valence-corrected chi connectivity index (χ2v) is 8.97. The molecule has 3 rings (SSSR count). The molecule has 140 valence electrons. The van der Waals surface area contributed by atoms with E-state index in [0.717, 1.165) is 0 Å². The summed E-state index contributed by atoms with van der Waals surface area (Å²) in [6.07, 6.45) is 1.53. The third kappa shape index (κ3) is 5.30. The zero-order valence-corrected chi connectivity index (χ0v) is 17.4. The quantitative estimate of drug-likeness (QED) is 0.463. The topological polar surface area (TPSA) is 83.1 Å². The van der Waals surface area contributed by atoms with E-state index in [1.165, 1.54) is 29.7 Å². The van der Waals surface area contributed by atoms with Gasteiger partial charge in [0.15, 0.2) is 10.2 Å². The van der Waals surface area contributed by atoms with E-state index in [0.29, 0.717) is 31.7 Å². The normalized spacial score (nSPS) is 11.0. The molecule has 0 aliphatic carbocycles. The lowest BCUT2D eigenvalue weighted by atomic mass is 10.3. The summed E-state index contributed by atoms with van der Waals surface area (Å²) in [7, 11) is -3.69. The van der Waals surface area contributed by atoms with Crippen molar-refractivity contribution in [2.45, 2.75) is 4.90 Å². The van der Waals surface area contributed by atoms with E-state index in [1.807, 2.05) is 0 Å². The highest BCUT2D eigenvalue weighted by Crippen LogP contribution is 2.25. The Bertz CT molecular complexity index is 1060. The maximum atomic E-state index is 12.3. The molecule has 0 saturated carbocycles. The number of nitrogens with zero attached hydrogens (tertiary/aromatic N) is 1. The summed E-state index contributed by atoms with van der Waals surface area (Å²) in [6, 6.07) is 11.2. The van der Waals surface area contributed by atoms with Crippen LogP contribution in [0, 0.1) is 0 Å². The molecule has 0 spiro atoms. The first kappa shape index (κ1) is 19.8. The number of thiocarbonyl (C=S) groups is 1. The minimum absolute atomic E-state index is 0.117. The fourth-order valence-corrected chi connectivity index (χ4v) is 4.35. The van der Waals surface area contributed by atoms with E-state index in [1.54, 1.807) is 35.7 Å². The molecule has 0 unspecified atom stereocenters. The molecule has 1 aromatic heterocycles. The van der Waals surface area contributed by atoms with Gasteiger partial charge in [0, 0.05) is 23.0 Å². The summed E-state index contributed by atoms with van der Waals surface area (Å²) in [5, 5.41) is 9.12. The number of anilines is 3. The Labute approximate surface area is 175 Å². The van der Waals surface area contributed by atoms with Gasteiger partial charge in [-0.25, -0.2) is 13.4 Å². The van der Waals surface area contributed by atoms with Gasteiger partial charge in [-0.3, -0.25) is 4.72 Å². The van der Waals surface area contributed by atoms with Crippen LogP contribution in [0.4, 0.5) is 16.5 Å². The fraction of sp³-hybridized carbons (Fsp3) is 0. The number of rotatable bonds is 5. The maximum absolute atomic E-state index is 12.3. The van der Waals surface area contributed by atoms with Crippen molar-refractivity contribution < 1.29 is 8.42 Å². The Hall–Kier alpha value is -1.91. The zero-order chi connectivity index (χ0) is 19.4. The second-order valence-electron chi connectivity index (χ2n) is 5.18. The van der Waals surface area contributed by atoms with Gasteiger partial charge in [-0.2, -0.15) is 0 Å². The molecule has 3 aromatic rings. The van der Waals surface area contributed by atoms with Crippen LogP contribution in [0.25, 0.3) is 0 Å². The number of hydrogen-bond acceptors (Lipinski definition) is 5. The Morgan fingerprint density at radius 1 is 1.00 bits per heavy atom. The summed E-state index contributed by atoms with van der Waals surface area (Å²) in [5.41, 5.74) is 1.30. The van der Waals surface area contributed by atoms with Crippen molar-refractivity contribution in [1.82, 2.24) is 4.98 Å². The van der Waals surface area contributed by atoms with Crippen LogP contribution in [-0.4, -0.2) is 18.5 Å².